The fourth-order valence-corrected chi connectivity index (χ4v) is 3.22. The van der Waals surface area contributed by atoms with E-state index in [1.807, 2.05) is 0 Å². The molecule has 1 aromatic carbocycles. The maximum atomic E-state index is 12.1. The van der Waals surface area contributed by atoms with E-state index in [0.29, 0.717) is 22.4 Å². The van der Waals surface area contributed by atoms with Crippen LogP contribution in [0.25, 0.3) is 11.3 Å². The van der Waals surface area contributed by atoms with Gasteiger partial charge in [0.25, 0.3) is 11.1 Å². The molecule has 2 N–H and O–H groups in total. The molecular weight excluding hydrogens is 386 g/mol. The molecule has 10 heteroatoms. The Morgan fingerprint density at radius 2 is 1.93 bits per heavy atom. The van der Waals surface area contributed by atoms with Crippen molar-refractivity contribution in [1.29, 1.82) is 0 Å². The molecule has 0 spiro atoms. The van der Waals surface area contributed by atoms with Crippen molar-refractivity contribution in [3.8, 4) is 22.9 Å². The highest BCUT2D eigenvalue weighted by Gasteiger charge is 2.27. The standard InChI is InChI=1S/C18H16ClN5O4/c1-8-5-10(14-17(26)20-18(27)24(2)23-14)6-12(19)15(8)28-13-7-11(9-3-4-9)16(25)22-21-13/h5-7,9H,3-4H2,1-2H3,(H,22,25)(H,20,26,27). The molecule has 0 radical (unpaired) electrons. The SMILES string of the molecule is Cc1cc(-c2nn(C)c(=O)[nH]c2=O)cc(Cl)c1Oc1cc(C2CC2)c(=O)[nH]n1. The third-order valence-corrected chi connectivity index (χ3v) is 4.80. The number of nitrogens with one attached hydrogen (secondary N) is 2. The molecule has 9 nitrogen and oxygen atoms in total. The number of ether oxygens (including phenoxy) is 1. The zero-order valence-electron chi connectivity index (χ0n) is 15.1. The van der Waals surface area contributed by atoms with Crippen molar-refractivity contribution in [1.82, 2.24) is 25.0 Å². The number of nitrogens with zero attached hydrogens (tertiary/aromatic N) is 3. The summed E-state index contributed by atoms with van der Waals surface area (Å²) in [5.74, 6) is 0.834. The molecule has 1 saturated carbocycles. The van der Waals surface area contributed by atoms with Crippen LogP contribution < -0.4 is 21.5 Å². The van der Waals surface area contributed by atoms with Gasteiger partial charge < -0.3 is 4.74 Å². The number of aromatic nitrogens is 5. The Kier molecular flexibility index (Phi) is 4.38. The maximum Gasteiger partial charge on any atom is 0.344 e. The van der Waals surface area contributed by atoms with Crippen molar-refractivity contribution in [3.05, 3.63) is 65.5 Å². The molecule has 28 heavy (non-hydrogen) atoms. The topological polar surface area (TPSA) is 123 Å². The van der Waals surface area contributed by atoms with E-state index in [1.165, 1.54) is 13.1 Å². The number of halogens is 1. The van der Waals surface area contributed by atoms with Crippen LogP contribution in [0.4, 0.5) is 0 Å². The first-order valence-corrected chi connectivity index (χ1v) is 8.97. The lowest BCUT2D eigenvalue weighted by molar-refractivity contribution is 0.450. The lowest BCUT2D eigenvalue weighted by atomic mass is 10.1. The molecule has 2 aromatic heterocycles. The molecule has 1 aliphatic rings. The van der Waals surface area contributed by atoms with Gasteiger partial charge in [-0.05, 0) is 43.4 Å². The highest BCUT2D eigenvalue weighted by atomic mass is 35.5. The summed E-state index contributed by atoms with van der Waals surface area (Å²) in [7, 11) is 1.44. The molecule has 4 rings (SSSR count). The molecule has 0 amide bonds. The zero-order valence-corrected chi connectivity index (χ0v) is 15.8. The normalized spacial score (nSPS) is 13.5. The maximum absolute atomic E-state index is 12.1. The molecule has 0 unspecified atom stereocenters. The quantitative estimate of drug-likeness (QED) is 0.687. The molecule has 144 valence electrons. The van der Waals surface area contributed by atoms with E-state index in [1.54, 1.807) is 19.1 Å². The van der Waals surface area contributed by atoms with Gasteiger partial charge in [0.2, 0.25) is 5.88 Å². The summed E-state index contributed by atoms with van der Waals surface area (Å²) in [5, 5.41) is 10.6. The number of hydrogen-bond donors (Lipinski definition) is 2. The molecule has 0 bridgehead atoms. The monoisotopic (exact) mass is 401 g/mol. The first-order valence-electron chi connectivity index (χ1n) is 8.59. The van der Waals surface area contributed by atoms with Crippen LogP contribution in [0.3, 0.4) is 0 Å². The summed E-state index contributed by atoms with van der Waals surface area (Å²) >= 11 is 6.37. The summed E-state index contributed by atoms with van der Waals surface area (Å²) in [4.78, 5) is 37.6. The van der Waals surface area contributed by atoms with Gasteiger partial charge in [0.15, 0.2) is 11.4 Å². The second-order valence-corrected chi connectivity index (χ2v) is 7.11. The van der Waals surface area contributed by atoms with Crippen molar-refractivity contribution in [2.45, 2.75) is 25.7 Å². The minimum absolute atomic E-state index is 0.0665. The van der Waals surface area contributed by atoms with Crippen LogP contribution in [0.1, 0.15) is 29.9 Å². The summed E-state index contributed by atoms with van der Waals surface area (Å²) in [5.41, 5.74) is 0.371. The van der Waals surface area contributed by atoms with E-state index in [4.69, 9.17) is 16.3 Å². The number of H-pyrrole nitrogens is 2. The van der Waals surface area contributed by atoms with Crippen molar-refractivity contribution in [2.24, 2.45) is 7.05 Å². The lowest BCUT2D eigenvalue weighted by Gasteiger charge is -2.12. The van der Waals surface area contributed by atoms with Crippen LogP contribution in [-0.4, -0.2) is 25.0 Å². The van der Waals surface area contributed by atoms with Gasteiger partial charge in [0, 0.05) is 24.2 Å². The van der Waals surface area contributed by atoms with Crippen LogP contribution in [0.2, 0.25) is 5.02 Å². The number of benzene rings is 1. The Morgan fingerprint density at radius 3 is 2.61 bits per heavy atom. The van der Waals surface area contributed by atoms with Gasteiger partial charge in [-0.15, -0.1) is 5.10 Å². The largest absolute Gasteiger partial charge is 0.436 e. The highest BCUT2D eigenvalue weighted by molar-refractivity contribution is 6.32. The molecule has 1 fully saturated rings. The zero-order chi connectivity index (χ0) is 20.0. The first kappa shape index (κ1) is 18.2. The Bertz CT molecular complexity index is 1230. The average molecular weight is 402 g/mol. The predicted molar refractivity (Wildman–Crippen MR) is 102 cm³/mol. The molecular formula is C18H16ClN5O4. The van der Waals surface area contributed by atoms with Gasteiger partial charge in [0.1, 0.15) is 0 Å². The fraction of sp³-hybridized carbons (Fsp3) is 0.278. The number of hydrogen-bond acceptors (Lipinski definition) is 6. The summed E-state index contributed by atoms with van der Waals surface area (Å²) in [6.45, 7) is 1.76. The number of rotatable bonds is 4. The van der Waals surface area contributed by atoms with Crippen molar-refractivity contribution >= 4 is 11.6 Å². The van der Waals surface area contributed by atoms with E-state index in [-0.39, 0.29) is 28.1 Å². The Hall–Kier alpha value is -3.20. The van der Waals surface area contributed by atoms with Crippen LogP contribution in [0.15, 0.2) is 32.6 Å². The van der Waals surface area contributed by atoms with Crippen LogP contribution in [0, 0.1) is 6.92 Å². The molecule has 0 aliphatic heterocycles. The Morgan fingerprint density at radius 1 is 1.18 bits per heavy atom. The average Bonchev–Trinajstić information content (AvgIpc) is 3.47. The smallest absolute Gasteiger partial charge is 0.344 e. The van der Waals surface area contributed by atoms with Crippen molar-refractivity contribution in [3.63, 3.8) is 0 Å². The van der Waals surface area contributed by atoms with Gasteiger partial charge in [-0.3, -0.25) is 14.6 Å². The van der Waals surface area contributed by atoms with E-state index in [0.717, 1.165) is 17.5 Å². The highest BCUT2D eigenvalue weighted by Crippen LogP contribution is 2.40. The van der Waals surface area contributed by atoms with E-state index in [2.05, 4.69) is 20.3 Å². The van der Waals surface area contributed by atoms with E-state index in [9.17, 15) is 14.4 Å². The van der Waals surface area contributed by atoms with E-state index < -0.39 is 11.2 Å². The molecule has 3 aromatic rings. The van der Waals surface area contributed by atoms with Gasteiger partial charge in [-0.2, -0.15) is 5.10 Å². The third-order valence-electron chi connectivity index (χ3n) is 4.51. The second-order valence-electron chi connectivity index (χ2n) is 6.70. The molecule has 2 heterocycles. The molecule has 1 aliphatic carbocycles. The third kappa shape index (κ3) is 3.36. The molecule has 0 saturated heterocycles. The minimum atomic E-state index is -0.608. The summed E-state index contributed by atoms with van der Waals surface area (Å²) in [6, 6.07) is 4.83. The number of aryl methyl sites for hydroxylation is 2. The lowest BCUT2D eigenvalue weighted by Crippen LogP contribution is -2.31. The van der Waals surface area contributed by atoms with Crippen molar-refractivity contribution in [2.75, 3.05) is 0 Å². The predicted octanol–water partition coefficient (Wildman–Crippen LogP) is 1.85. The Labute approximate surface area is 163 Å². The van der Waals surface area contributed by atoms with Gasteiger partial charge in [-0.25, -0.2) is 14.6 Å². The van der Waals surface area contributed by atoms with Crippen LogP contribution in [0.5, 0.6) is 11.6 Å². The van der Waals surface area contributed by atoms with E-state index >= 15 is 0 Å². The second kappa shape index (κ2) is 6.75. The summed E-state index contributed by atoms with van der Waals surface area (Å²) < 4.78 is 6.84. The van der Waals surface area contributed by atoms with Gasteiger partial charge >= 0.3 is 5.69 Å². The number of aromatic amines is 2. The van der Waals surface area contributed by atoms with Gasteiger partial charge in [-0.1, -0.05) is 11.6 Å². The fourth-order valence-electron chi connectivity index (χ4n) is 2.92. The summed E-state index contributed by atoms with van der Waals surface area (Å²) in [6.07, 6.45) is 1.95. The van der Waals surface area contributed by atoms with Crippen molar-refractivity contribution < 1.29 is 4.74 Å². The molecule has 0 atom stereocenters. The minimum Gasteiger partial charge on any atom is -0.436 e. The Balaban J connectivity index is 1.72. The van der Waals surface area contributed by atoms with Crippen LogP contribution >= 0.6 is 11.6 Å². The van der Waals surface area contributed by atoms with Gasteiger partial charge in [0.05, 0.1) is 5.02 Å². The van der Waals surface area contributed by atoms with Crippen LogP contribution in [-0.2, 0) is 7.05 Å². The first-order chi connectivity index (χ1) is 13.3.